The van der Waals surface area contributed by atoms with Crippen molar-refractivity contribution in [3.8, 4) is 11.8 Å². The van der Waals surface area contributed by atoms with Crippen molar-refractivity contribution in [1.82, 2.24) is 0 Å². The van der Waals surface area contributed by atoms with Crippen molar-refractivity contribution < 1.29 is 14.6 Å². The van der Waals surface area contributed by atoms with Crippen LogP contribution < -0.4 is 4.74 Å². The van der Waals surface area contributed by atoms with E-state index in [0.29, 0.717) is 11.3 Å². The molecule has 1 unspecified atom stereocenters. The van der Waals surface area contributed by atoms with Crippen molar-refractivity contribution in [3.63, 3.8) is 0 Å². The molecule has 1 aromatic rings. The maximum Gasteiger partial charge on any atom is 0.359 e. The van der Waals surface area contributed by atoms with Gasteiger partial charge < -0.3 is 9.84 Å². The number of aliphatic hydroxyl groups is 1. The Balaban J connectivity index is 2.56. The fourth-order valence-corrected chi connectivity index (χ4v) is 1.74. The second-order valence-corrected chi connectivity index (χ2v) is 4.03. The van der Waals surface area contributed by atoms with Gasteiger partial charge in [-0.3, -0.25) is 0 Å². The molecule has 4 heteroatoms. The number of hydrogen-bond acceptors (Lipinski definition) is 4. The molecule has 1 aliphatic heterocycles. The lowest BCUT2D eigenvalue weighted by atomic mass is 9.90. The maximum absolute atomic E-state index is 11.5. The molecular weight excluding hydrogens is 206 g/mol. The number of aryl methyl sites for hydroxylation is 1. The fourth-order valence-electron chi connectivity index (χ4n) is 1.74. The Morgan fingerprint density at radius 1 is 1.50 bits per heavy atom. The van der Waals surface area contributed by atoms with Gasteiger partial charge in [0, 0.05) is 6.42 Å². The van der Waals surface area contributed by atoms with E-state index in [1.165, 1.54) is 0 Å². The van der Waals surface area contributed by atoms with Crippen LogP contribution in [-0.4, -0.2) is 16.7 Å². The van der Waals surface area contributed by atoms with Crippen molar-refractivity contribution in [2.24, 2.45) is 0 Å². The van der Waals surface area contributed by atoms with Crippen LogP contribution in [0.25, 0.3) is 0 Å². The number of fused-ring (bicyclic) bond motifs is 1. The van der Waals surface area contributed by atoms with Crippen LogP contribution in [0.1, 0.15) is 16.7 Å². The Bertz CT molecular complexity index is 516. The lowest BCUT2D eigenvalue weighted by Crippen LogP contribution is -2.45. The molecule has 82 valence electrons. The minimum Gasteiger partial charge on any atom is -0.423 e. The Hall–Kier alpha value is -1.86. The van der Waals surface area contributed by atoms with Crippen LogP contribution in [0.15, 0.2) is 12.1 Å². The molecule has 0 saturated carbocycles. The van der Waals surface area contributed by atoms with Crippen LogP contribution in [-0.2, 0) is 11.2 Å². The normalized spacial score (nSPS) is 23.2. The average molecular weight is 217 g/mol. The van der Waals surface area contributed by atoms with Gasteiger partial charge in [-0.25, -0.2) is 4.79 Å². The molecule has 0 amide bonds. The molecular formula is C12H11NO3. The van der Waals surface area contributed by atoms with Gasteiger partial charge in [0.25, 0.3) is 5.60 Å². The smallest absolute Gasteiger partial charge is 0.359 e. The summed E-state index contributed by atoms with van der Waals surface area (Å²) in [4.78, 5) is 11.5. The van der Waals surface area contributed by atoms with Gasteiger partial charge in [-0.05, 0) is 30.5 Å². The van der Waals surface area contributed by atoms with E-state index in [0.717, 1.165) is 11.1 Å². The summed E-state index contributed by atoms with van der Waals surface area (Å²) in [5.74, 6) is -0.416. The second-order valence-electron chi connectivity index (χ2n) is 4.03. The monoisotopic (exact) mass is 217 g/mol. The lowest BCUT2D eigenvalue weighted by molar-refractivity contribution is -0.151. The number of ether oxygens (including phenoxy) is 1. The number of benzene rings is 1. The number of carbonyl (C=O) groups is 1. The van der Waals surface area contributed by atoms with Crippen LogP contribution >= 0.6 is 0 Å². The minimum absolute atomic E-state index is 0.0151. The quantitative estimate of drug-likeness (QED) is 0.400. The summed E-state index contributed by atoms with van der Waals surface area (Å²) in [7, 11) is 0. The molecule has 1 aliphatic rings. The molecule has 1 atom stereocenters. The average Bonchev–Trinajstić information content (AvgIpc) is 2.27. The molecule has 0 spiro atoms. The summed E-state index contributed by atoms with van der Waals surface area (Å²) in [6.07, 6.45) is -0.0151. The number of carbonyl (C=O) groups excluding carboxylic acids is 1. The van der Waals surface area contributed by atoms with Gasteiger partial charge in [-0.15, -0.1) is 0 Å². The standard InChI is InChI=1S/C12H11NO3/c1-7-3-4-9-5-12(15,6-13)11(14)16-10(9)8(7)2/h3-4,15H,5H2,1-2H3. The molecule has 2 rings (SSSR count). The van der Waals surface area contributed by atoms with Gasteiger partial charge in [-0.1, -0.05) is 12.1 Å². The minimum atomic E-state index is -2.05. The zero-order chi connectivity index (χ0) is 11.9. The first-order chi connectivity index (χ1) is 7.48. The van der Waals surface area contributed by atoms with Gasteiger partial charge in [0.05, 0.1) is 0 Å². The molecule has 0 aliphatic carbocycles. The third-order valence-electron chi connectivity index (χ3n) is 2.92. The molecule has 1 aromatic carbocycles. The van der Waals surface area contributed by atoms with E-state index in [-0.39, 0.29) is 6.42 Å². The van der Waals surface area contributed by atoms with Crippen LogP contribution in [0.4, 0.5) is 0 Å². The van der Waals surface area contributed by atoms with Crippen molar-refractivity contribution in [1.29, 1.82) is 5.26 Å². The molecule has 4 nitrogen and oxygen atoms in total. The van der Waals surface area contributed by atoms with Crippen molar-refractivity contribution in [3.05, 3.63) is 28.8 Å². The summed E-state index contributed by atoms with van der Waals surface area (Å²) >= 11 is 0. The third kappa shape index (κ3) is 1.37. The molecule has 1 N–H and O–H groups in total. The Kier molecular flexibility index (Phi) is 2.21. The molecule has 0 radical (unpaired) electrons. The van der Waals surface area contributed by atoms with E-state index in [1.807, 2.05) is 19.9 Å². The second kappa shape index (κ2) is 3.32. The molecule has 0 fully saturated rings. The SMILES string of the molecule is Cc1ccc2c(c1C)OC(=O)C(O)(C#N)C2. The summed E-state index contributed by atoms with van der Waals surface area (Å²) in [6, 6.07) is 5.24. The zero-order valence-electron chi connectivity index (χ0n) is 9.07. The van der Waals surface area contributed by atoms with E-state index in [4.69, 9.17) is 10.00 Å². The predicted molar refractivity (Wildman–Crippen MR) is 55.8 cm³/mol. The molecule has 0 aromatic heterocycles. The largest absolute Gasteiger partial charge is 0.423 e. The van der Waals surface area contributed by atoms with E-state index in [9.17, 15) is 9.90 Å². The zero-order valence-corrected chi connectivity index (χ0v) is 9.07. The first-order valence-electron chi connectivity index (χ1n) is 4.93. The molecule has 0 bridgehead atoms. The van der Waals surface area contributed by atoms with E-state index in [1.54, 1.807) is 12.1 Å². The van der Waals surface area contributed by atoms with Crippen LogP contribution in [0, 0.1) is 25.2 Å². The molecule has 1 heterocycles. The van der Waals surface area contributed by atoms with Gasteiger partial charge in [0.2, 0.25) is 0 Å². The van der Waals surface area contributed by atoms with E-state index < -0.39 is 11.6 Å². The van der Waals surface area contributed by atoms with Crippen molar-refractivity contribution in [2.75, 3.05) is 0 Å². The number of esters is 1. The maximum atomic E-state index is 11.5. The topological polar surface area (TPSA) is 70.3 Å². The number of nitrogens with zero attached hydrogens (tertiary/aromatic N) is 1. The van der Waals surface area contributed by atoms with Crippen molar-refractivity contribution >= 4 is 5.97 Å². The van der Waals surface area contributed by atoms with Crippen LogP contribution in [0.5, 0.6) is 5.75 Å². The van der Waals surface area contributed by atoms with Gasteiger partial charge in [0.1, 0.15) is 11.8 Å². The summed E-state index contributed by atoms with van der Waals surface area (Å²) in [5.41, 5.74) is 0.515. The predicted octanol–water partition coefficient (Wildman–Crippen LogP) is 1.02. The van der Waals surface area contributed by atoms with Crippen LogP contribution in [0.2, 0.25) is 0 Å². The lowest BCUT2D eigenvalue weighted by Gasteiger charge is -2.27. The van der Waals surface area contributed by atoms with Gasteiger partial charge in [-0.2, -0.15) is 5.26 Å². The highest BCUT2D eigenvalue weighted by Crippen LogP contribution is 2.34. The van der Waals surface area contributed by atoms with Crippen molar-refractivity contribution in [2.45, 2.75) is 25.9 Å². The first-order valence-corrected chi connectivity index (χ1v) is 4.93. The Labute approximate surface area is 93.1 Å². The van der Waals surface area contributed by atoms with E-state index in [2.05, 4.69) is 0 Å². The first kappa shape index (κ1) is 10.7. The fraction of sp³-hybridized carbons (Fsp3) is 0.333. The number of hydrogen-bond donors (Lipinski definition) is 1. The highest BCUT2D eigenvalue weighted by atomic mass is 16.6. The molecule has 16 heavy (non-hydrogen) atoms. The number of nitriles is 1. The Morgan fingerprint density at radius 3 is 2.81 bits per heavy atom. The number of rotatable bonds is 0. The summed E-state index contributed by atoms with van der Waals surface area (Å²) < 4.78 is 5.04. The molecule has 0 saturated heterocycles. The summed E-state index contributed by atoms with van der Waals surface area (Å²) in [5, 5.41) is 18.5. The van der Waals surface area contributed by atoms with Gasteiger partial charge >= 0.3 is 5.97 Å². The summed E-state index contributed by atoms with van der Waals surface area (Å²) in [6.45, 7) is 3.76. The third-order valence-corrected chi connectivity index (χ3v) is 2.92. The Morgan fingerprint density at radius 2 is 2.19 bits per heavy atom. The highest BCUT2D eigenvalue weighted by Gasteiger charge is 2.43. The highest BCUT2D eigenvalue weighted by molar-refractivity contribution is 5.87. The van der Waals surface area contributed by atoms with E-state index >= 15 is 0 Å². The van der Waals surface area contributed by atoms with Crippen LogP contribution in [0.3, 0.4) is 0 Å². The van der Waals surface area contributed by atoms with Gasteiger partial charge in [0.15, 0.2) is 0 Å².